The van der Waals surface area contributed by atoms with Gasteiger partial charge in [0.05, 0.1) is 22.3 Å². The lowest BCUT2D eigenvalue weighted by atomic mass is 10.2. The summed E-state index contributed by atoms with van der Waals surface area (Å²) in [4.78, 5) is 42.4. The summed E-state index contributed by atoms with van der Waals surface area (Å²) in [6, 6.07) is 12.0. The second-order valence-corrected chi connectivity index (χ2v) is 9.08. The summed E-state index contributed by atoms with van der Waals surface area (Å²) in [6.45, 7) is 1.83. The van der Waals surface area contributed by atoms with Gasteiger partial charge in [0, 0.05) is 11.1 Å². The van der Waals surface area contributed by atoms with Crippen LogP contribution in [0.2, 0.25) is 5.02 Å². The summed E-state index contributed by atoms with van der Waals surface area (Å²) >= 11 is 7.39. The molecule has 0 unspecified atom stereocenters. The molecule has 0 atom stereocenters. The first kappa shape index (κ1) is 22.4. The minimum absolute atomic E-state index is 0.0670. The van der Waals surface area contributed by atoms with Gasteiger partial charge in [0.2, 0.25) is 5.91 Å². The number of amides is 3. The van der Waals surface area contributed by atoms with E-state index in [1.165, 1.54) is 4.57 Å². The normalized spacial score (nSPS) is 13.9. The zero-order chi connectivity index (χ0) is 22.7. The van der Waals surface area contributed by atoms with Crippen LogP contribution in [0.15, 0.2) is 52.4 Å². The predicted octanol–water partition coefficient (Wildman–Crippen LogP) is 4.21. The van der Waals surface area contributed by atoms with Crippen LogP contribution >= 0.6 is 23.4 Å². The summed E-state index contributed by atoms with van der Waals surface area (Å²) in [6.07, 6.45) is 4.04. The number of rotatable bonds is 5. The summed E-state index contributed by atoms with van der Waals surface area (Å²) in [5.74, 6) is -0.523. The molecule has 0 bridgehead atoms. The fraction of sp³-hybridized carbons (Fsp3) is 0.304. The van der Waals surface area contributed by atoms with E-state index in [1.807, 2.05) is 6.92 Å². The molecule has 32 heavy (non-hydrogen) atoms. The van der Waals surface area contributed by atoms with E-state index in [2.05, 4.69) is 15.6 Å². The van der Waals surface area contributed by atoms with Crippen molar-refractivity contribution in [3.63, 3.8) is 0 Å². The first-order valence-electron chi connectivity index (χ1n) is 10.4. The lowest BCUT2D eigenvalue weighted by molar-refractivity contribution is -0.117. The van der Waals surface area contributed by atoms with Gasteiger partial charge in [-0.15, -0.1) is 0 Å². The Morgan fingerprint density at radius 3 is 2.69 bits per heavy atom. The number of carbonyl (C=O) groups excluding carboxylic acids is 2. The lowest BCUT2D eigenvalue weighted by Crippen LogP contribution is -2.44. The van der Waals surface area contributed by atoms with Gasteiger partial charge in [-0.1, -0.05) is 54.4 Å². The van der Waals surface area contributed by atoms with Crippen molar-refractivity contribution in [2.75, 3.05) is 5.75 Å². The van der Waals surface area contributed by atoms with Gasteiger partial charge in [-0.3, -0.25) is 19.5 Å². The van der Waals surface area contributed by atoms with Crippen molar-refractivity contribution in [2.24, 2.45) is 0 Å². The molecule has 3 aromatic rings. The standard InChI is InChI=1S/C23H23ClN4O3S/c1-14-17(24)10-6-12-19(14)28-21(30)16-9-4-5-11-18(16)26-23(28)32-13-20(29)27-22(31)25-15-7-2-3-8-15/h4-6,9-12,15H,2-3,7-8,13H2,1H3,(H2,25,27,29,31). The SMILES string of the molecule is Cc1c(Cl)cccc1-n1c(SCC(=O)NC(=O)NC2CCCC2)nc2ccccc2c1=O. The van der Waals surface area contributed by atoms with Crippen molar-refractivity contribution in [3.8, 4) is 5.69 Å². The van der Waals surface area contributed by atoms with Gasteiger partial charge in [0.15, 0.2) is 5.16 Å². The van der Waals surface area contributed by atoms with Crippen LogP contribution in [-0.2, 0) is 4.79 Å². The molecule has 0 spiro atoms. The quantitative estimate of drug-likeness (QED) is 0.430. The topological polar surface area (TPSA) is 93.1 Å². The van der Waals surface area contributed by atoms with Gasteiger partial charge in [-0.2, -0.15) is 0 Å². The molecule has 9 heteroatoms. The van der Waals surface area contributed by atoms with Crippen LogP contribution in [0.5, 0.6) is 0 Å². The number of hydrogen-bond donors (Lipinski definition) is 2. The Morgan fingerprint density at radius 1 is 1.16 bits per heavy atom. The third kappa shape index (κ3) is 4.81. The highest BCUT2D eigenvalue weighted by molar-refractivity contribution is 7.99. The summed E-state index contributed by atoms with van der Waals surface area (Å²) in [7, 11) is 0. The fourth-order valence-corrected chi connectivity index (χ4v) is 4.82. The van der Waals surface area contributed by atoms with Crippen LogP contribution in [0.3, 0.4) is 0 Å². The van der Waals surface area contributed by atoms with Crippen LogP contribution in [0.1, 0.15) is 31.2 Å². The molecule has 1 saturated carbocycles. The van der Waals surface area contributed by atoms with E-state index in [4.69, 9.17) is 11.6 Å². The van der Waals surface area contributed by atoms with Crippen molar-refractivity contribution < 1.29 is 9.59 Å². The van der Waals surface area contributed by atoms with Gasteiger partial charge in [0.25, 0.3) is 5.56 Å². The van der Waals surface area contributed by atoms with Crippen molar-refractivity contribution in [1.29, 1.82) is 0 Å². The van der Waals surface area contributed by atoms with Crippen LogP contribution in [-0.4, -0.2) is 33.3 Å². The smallest absolute Gasteiger partial charge is 0.321 e. The van der Waals surface area contributed by atoms with E-state index in [9.17, 15) is 14.4 Å². The predicted molar refractivity (Wildman–Crippen MR) is 127 cm³/mol. The Labute approximate surface area is 194 Å². The highest BCUT2D eigenvalue weighted by Crippen LogP contribution is 2.26. The summed E-state index contributed by atoms with van der Waals surface area (Å²) < 4.78 is 1.47. The molecule has 1 heterocycles. The first-order valence-corrected chi connectivity index (χ1v) is 11.8. The van der Waals surface area contributed by atoms with Crippen LogP contribution in [0.25, 0.3) is 16.6 Å². The summed E-state index contributed by atoms with van der Waals surface area (Å²) in [5, 5.41) is 6.54. The molecule has 2 N–H and O–H groups in total. The molecule has 2 aromatic carbocycles. The number of carbonyl (C=O) groups is 2. The molecule has 0 radical (unpaired) electrons. The fourth-order valence-electron chi connectivity index (χ4n) is 3.84. The van der Waals surface area contributed by atoms with Crippen molar-refractivity contribution in [3.05, 3.63) is 63.4 Å². The van der Waals surface area contributed by atoms with E-state index >= 15 is 0 Å². The molecule has 1 aromatic heterocycles. The van der Waals surface area contributed by atoms with Gasteiger partial charge < -0.3 is 5.32 Å². The number of imide groups is 1. The average molecular weight is 471 g/mol. The van der Waals surface area contributed by atoms with Crippen molar-refractivity contribution >= 4 is 46.2 Å². The number of thioether (sulfide) groups is 1. The van der Waals surface area contributed by atoms with Crippen LogP contribution in [0, 0.1) is 6.92 Å². The van der Waals surface area contributed by atoms with Gasteiger partial charge in [0.1, 0.15) is 0 Å². The van der Waals surface area contributed by atoms with Crippen LogP contribution < -0.4 is 16.2 Å². The number of fused-ring (bicyclic) bond motifs is 1. The Morgan fingerprint density at radius 2 is 1.91 bits per heavy atom. The van der Waals surface area contributed by atoms with E-state index in [-0.39, 0.29) is 17.4 Å². The number of urea groups is 1. The minimum Gasteiger partial charge on any atom is -0.335 e. The lowest BCUT2D eigenvalue weighted by Gasteiger charge is -2.16. The van der Waals surface area contributed by atoms with E-state index in [0.29, 0.717) is 26.8 Å². The van der Waals surface area contributed by atoms with Gasteiger partial charge >= 0.3 is 6.03 Å². The molecule has 0 aliphatic heterocycles. The molecule has 3 amide bonds. The Kier molecular flexibility index (Phi) is 6.81. The van der Waals surface area contributed by atoms with Crippen LogP contribution in [0.4, 0.5) is 4.79 Å². The Hall–Kier alpha value is -2.84. The molecule has 1 aliphatic rings. The third-order valence-electron chi connectivity index (χ3n) is 5.50. The number of para-hydroxylation sites is 1. The molecule has 4 rings (SSSR count). The maximum atomic E-state index is 13.3. The molecular weight excluding hydrogens is 448 g/mol. The second-order valence-electron chi connectivity index (χ2n) is 7.73. The Bertz CT molecular complexity index is 1240. The van der Waals surface area contributed by atoms with Gasteiger partial charge in [-0.25, -0.2) is 9.78 Å². The highest BCUT2D eigenvalue weighted by atomic mass is 35.5. The minimum atomic E-state index is -0.489. The molecule has 1 aliphatic carbocycles. The zero-order valence-corrected chi connectivity index (χ0v) is 19.1. The zero-order valence-electron chi connectivity index (χ0n) is 17.6. The molecule has 0 saturated heterocycles. The van der Waals surface area contributed by atoms with E-state index in [1.54, 1.807) is 42.5 Å². The maximum Gasteiger partial charge on any atom is 0.321 e. The molecule has 7 nitrogen and oxygen atoms in total. The van der Waals surface area contributed by atoms with Crippen molar-refractivity contribution in [1.82, 2.24) is 20.2 Å². The molecule has 1 fully saturated rings. The average Bonchev–Trinajstić information content (AvgIpc) is 3.27. The first-order chi connectivity index (χ1) is 15.4. The Balaban J connectivity index is 1.60. The number of nitrogens with one attached hydrogen (secondary N) is 2. The molecule has 166 valence electrons. The van der Waals surface area contributed by atoms with Gasteiger partial charge in [-0.05, 0) is 49.6 Å². The largest absolute Gasteiger partial charge is 0.335 e. The third-order valence-corrected chi connectivity index (χ3v) is 6.85. The van der Waals surface area contributed by atoms with E-state index in [0.717, 1.165) is 43.0 Å². The number of nitrogens with zero attached hydrogens (tertiary/aromatic N) is 2. The maximum absolute atomic E-state index is 13.3. The van der Waals surface area contributed by atoms with E-state index < -0.39 is 11.9 Å². The number of benzene rings is 2. The monoisotopic (exact) mass is 470 g/mol. The number of aromatic nitrogens is 2. The summed E-state index contributed by atoms with van der Waals surface area (Å²) in [5.41, 5.74) is 1.62. The molecular formula is C23H23ClN4O3S. The van der Waals surface area contributed by atoms with Crippen molar-refractivity contribution in [2.45, 2.75) is 43.8 Å². The second kappa shape index (κ2) is 9.75. The highest BCUT2D eigenvalue weighted by Gasteiger charge is 2.20. The number of hydrogen-bond acceptors (Lipinski definition) is 5. The number of halogens is 1.